The maximum Gasteiger partial charge on any atom is 0.401 e. The van der Waals surface area contributed by atoms with Crippen molar-refractivity contribution in [2.24, 2.45) is 5.92 Å². The van der Waals surface area contributed by atoms with E-state index in [1.54, 1.807) is 26.0 Å². The van der Waals surface area contributed by atoms with Gasteiger partial charge in [-0.1, -0.05) is 24.3 Å². The highest BCUT2D eigenvalue weighted by Crippen LogP contribution is 2.34. The van der Waals surface area contributed by atoms with Gasteiger partial charge in [0.2, 0.25) is 0 Å². The SMILES string of the molecule is CC1(C)Cc2cc(O)ccc2CN1CC(F)(F)F.FCC1CN(CCOc2ccccc2)C1. The molecule has 4 rings (SSSR count). The van der Waals surface area contributed by atoms with Crippen molar-refractivity contribution in [2.75, 3.05) is 39.5 Å². The Labute approximate surface area is 192 Å². The summed E-state index contributed by atoms with van der Waals surface area (Å²) in [5, 5.41) is 9.42. The molecule has 1 N–H and O–H groups in total. The third-order valence-corrected chi connectivity index (χ3v) is 6.07. The summed E-state index contributed by atoms with van der Waals surface area (Å²) < 4.78 is 55.3. The average Bonchev–Trinajstić information content (AvgIpc) is 2.70. The molecule has 8 heteroatoms. The lowest BCUT2D eigenvalue weighted by Crippen LogP contribution is -2.51. The Kier molecular flexibility index (Phi) is 8.23. The van der Waals surface area contributed by atoms with E-state index in [0.717, 1.165) is 36.5 Å². The molecule has 2 aliphatic rings. The third kappa shape index (κ3) is 7.61. The molecular formula is C25H32F4N2O2. The molecule has 0 bridgehead atoms. The number of alkyl halides is 4. The molecule has 0 spiro atoms. The number of hydrogen-bond acceptors (Lipinski definition) is 4. The fourth-order valence-corrected chi connectivity index (χ4v) is 4.18. The van der Waals surface area contributed by atoms with Gasteiger partial charge in [0.1, 0.15) is 18.1 Å². The first-order valence-electron chi connectivity index (χ1n) is 11.1. The van der Waals surface area contributed by atoms with Gasteiger partial charge < -0.3 is 9.84 Å². The molecule has 182 valence electrons. The molecule has 0 amide bonds. The Hall–Kier alpha value is -2.32. The number of rotatable bonds is 6. The molecule has 1 saturated heterocycles. The standard InChI is InChI=1S/C13H16F3NO.C12H16FNO/c1-12(2)6-10-5-11(18)4-3-9(10)7-17(12)8-13(14,15)16;13-8-11-9-14(10-11)6-7-15-12-4-2-1-3-5-12/h3-5,18H,6-8H2,1-2H3;1-5,11H,6-10H2. The maximum absolute atomic E-state index is 12.5. The van der Waals surface area contributed by atoms with E-state index in [0.29, 0.717) is 13.0 Å². The van der Waals surface area contributed by atoms with Crippen LogP contribution in [0.4, 0.5) is 17.6 Å². The number of para-hydroxylation sites is 1. The van der Waals surface area contributed by atoms with Crippen molar-refractivity contribution in [3.63, 3.8) is 0 Å². The van der Waals surface area contributed by atoms with Crippen LogP contribution in [0.15, 0.2) is 48.5 Å². The van der Waals surface area contributed by atoms with E-state index in [9.17, 15) is 22.7 Å². The van der Waals surface area contributed by atoms with Crippen LogP contribution in [0.2, 0.25) is 0 Å². The molecule has 2 aromatic carbocycles. The largest absolute Gasteiger partial charge is 0.508 e. The molecule has 0 aromatic heterocycles. The average molecular weight is 469 g/mol. The van der Waals surface area contributed by atoms with Crippen molar-refractivity contribution in [3.05, 3.63) is 59.7 Å². The van der Waals surface area contributed by atoms with Gasteiger partial charge in [-0.3, -0.25) is 14.2 Å². The van der Waals surface area contributed by atoms with Crippen molar-refractivity contribution < 1.29 is 27.4 Å². The van der Waals surface area contributed by atoms with Gasteiger partial charge in [-0.2, -0.15) is 13.2 Å². The summed E-state index contributed by atoms with van der Waals surface area (Å²) in [4.78, 5) is 3.65. The zero-order valence-electron chi connectivity index (χ0n) is 19.1. The summed E-state index contributed by atoms with van der Waals surface area (Å²) in [5.41, 5.74) is 1.23. The Morgan fingerprint density at radius 1 is 1.06 bits per heavy atom. The second-order valence-corrected chi connectivity index (χ2v) is 9.35. The fourth-order valence-electron chi connectivity index (χ4n) is 4.18. The van der Waals surface area contributed by atoms with E-state index in [4.69, 9.17) is 4.74 Å². The summed E-state index contributed by atoms with van der Waals surface area (Å²) in [6.07, 6.45) is -3.68. The van der Waals surface area contributed by atoms with Crippen LogP contribution in [0, 0.1) is 5.92 Å². The summed E-state index contributed by atoms with van der Waals surface area (Å²) in [6.45, 7) is 6.12. The predicted octanol–water partition coefficient (Wildman–Crippen LogP) is 5.06. The molecule has 0 saturated carbocycles. The molecule has 0 atom stereocenters. The second kappa shape index (κ2) is 10.7. The monoisotopic (exact) mass is 468 g/mol. The Balaban J connectivity index is 0.000000189. The second-order valence-electron chi connectivity index (χ2n) is 9.35. The van der Waals surface area contributed by atoms with Gasteiger partial charge in [-0.05, 0) is 55.7 Å². The van der Waals surface area contributed by atoms with Crippen LogP contribution >= 0.6 is 0 Å². The van der Waals surface area contributed by atoms with E-state index >= 15 is 0 Å². The van der Waals surface area contributed by atoms with Crippen LogP contribution in [0.3, 0.4) is 0 Å². The molecule has 2 aliphatic heterocycles. The van der Waals surface area contributed by atoms with Crippen molar-refractivity contribution in [1.29, 1.82) is 0 Å². The lowest BCUT2D eigenvalue weighted by atomic mass is 9.85. The van der Waals surface area contributed by atoms with E-state index in [1.165, 1.54) is 11.0 Å². The minimum absolute atomic E-state index is 0.161. The molecule has 0 aliphatic carbocycles. The summed E-state index contributed by atoms with van der Waals surface area (Å²) >= 11 is 0. The van der Waals surface area contributed by atoms with Crippen LogP contribution in [0.25, 0.3) is 0 Å². The molecule has 4 nitrogen and oxygen atoms in total. The lowest BCUT2D eigenvalue weighted by Gasteiger charge is -2.43. The fraction of sp³-hybridized carbons (Fsp3) is 0.520. The van der Waals surface area contributed by atoms with Gasteiger partial charge in [0.15, 0.2) is 0 Å². The molecule has 0 unspecified atom stereocenters. The number of ether oxygens (including phenoxy) is 1. The van der Waals surface area contributed by atoms with Crippen molar-refractivity contribution in [3.8, 4) is 11.5 Å². The maximum atomic E-state index is 12.5. The van der Waals surface area contributed by atoms with Gasteiger partial charge in [0.05, 0.1) is 13.2 Å². The van der Waals surface area contributed by atoms with Crippen LogP contribution < -0.4 is 4.74 Å². The number of hydrogen-bond donors (Lipinski definition) is 1. The molecule has 2 heterocycles. The highest BCUT2D eigenvalue weighted by atomic mass is 19.4. The van der Waals surface area contributed by atoms with Crippen LogP contribution in [-0.4, -0.2) is 66.1 Å². The van der Waals surface area contributed by atoms with Crippen LogP contribution in [0.5, 0.6) is 11.5 Å². The zero-order valence-corrected chi connectivity index (χ0v) is 19.1. The number of fused-ring (bicyclic) bond motifs is 1. The van der Waals surface area contributed by atoms with Gasteiger partial charge in [-0.15, -0.1) is 0 Å². The first kappa shape index (κ1) is 25.3. The van der Waals surface area contributed by atoms with E-state index in [1.807, 2.05) is 30.3 Å². The van der Waals surface area contributed by atoms with Crippen LogP contribution in [-0.2, 0) is 13.0 Å². The topological polar surface area (TPSA) is 35.9 Å². The normalized spacial score (nSPS) is 18.6. The zero-order chi connectivity index (χ0) is 24.1. The van der Waals surface area contributed by atoms with Gasteiger partial charge in [-0.25, -0.2) is 0 Å². The third-order valence-electron chi connectivity index (χ3n) is 6.07. The predicted molar refractivity (Wildman–Crippen MR) is 120 cm³/mol. The number of phenolic OH excluding ortho intramolecular Hbond substituents is 1. The number of likely N-dealkylation sites (tertiary alicyclic amines) is 1. The highest BCUT2D eigenvalue weighted by Gasteiger charge is 2.40. The van der Waals surface area contributed by atoms with Gasteiger partial charge >= 0.3 is 6.18 Å². The minimum atomic E-state index is -4.19. The van der Waals surface area contributed by atoms with Crippen molar-refractivity contribution in [2.45, 2.75) is 38.5 Å². The Bertz CT molecular complexity index is 884. The number of nitrogens with zero attached hydrogens (tertiary/aromatic N) is 2. The van der Waals surface area contributed by atoms with E-state index < -0.39 is 18.3 Å². The number of phenols is 1. The van der Waals surface area contributed by atoms with E-state index in [2.05, 4.69) is 4.90 Å². The number of halogens is 4. The molecule has 2 aromatic rings. The summed E-state index contributed by atoms with van der Waals surface area (Å²) in [6, 6.07) is 14.6. The van der Waals surface area contributed by atoms with Gasteiger partial charge in [0.25, 0.3) is 0 Å². The smallest absolute Gasteiger partial charge is 0.401 e. The van der Waals surface area contributed by atoms with Crippen molar-refractivity contribution in [1.82, 2.24) is 9.80 Å². The molecule has 0 radical (unpaired) electrons. The lowest BCUT2D eigenvalue weighted by molar-refractivity contribution is -0.160. The molecular weight excluding hydrogens is 436 g/mol. The summed E-state index contributed by atoms with van der Waals surface area (Å²) in [7, 11) is 0. The molecule has 33 heavy (non-hydrogen) atoms. The van der Waals surface area contributed by atoms with Crippen molar-refractivity contribution >= 4 is 0 Å². The van der Waals surface area contributed by atoms with Gasteiger partial charge in [0, 0.05) is 37.6 Å². The first-order valence-corrected chi connectivity index (χ1v) is 11.1. The Morgan fingerprint density at radius 2 is 1.76 bits per heavy atom. The number of aromatic hydroxyl groups is 1. The number of benzene rings is 2. The highest BCUT2D eigenvalue weighted by molar-refractivity contribution is 5.37. The summed E-state index contributed by atoms with van der Waals surface area (Å²) in [5.74, 6) is 1.33. The van der Waals surface area contributed by atoms with Crippen LogP contribution in [0.1, 0.15) is 25.0 Å². The Morgan fingerprint density at radius 3 is 2.39 bits per heavy atom. The minimum Gasteiger partial charge on any atom is -0.508 e. The van der Waals surface area contributed by atoms with E-state index in [-0.39, 0.29) is 24.9 Å². The first-order chi connectivity index (χ1) is 15.6. The molecule has 1 fully saturated rings. The quantitative estimate of drug-likeness (QED) is 0.602.